The molecular formula is C14H17NO2. The van der Waals surface area contributed by atoms with E-state index in [0.29, 0.717) is 6.61 Å². The monoisotopic (exact) mass is 231 g/mol. The number of rotatable bonds is 1. The smallest absolute Gasteiger partial charge is 0.229 e. The molecule has 1 fully saturated rings. The van der Waals surface area contributed by atoms with E-state index in [1.165, 1.54) is 0 Å². The van der Waals surface area contributed by atoms with E-state index in [9.17, 15) is 4.79 Å². The minimum atomic E-state index is 0.0167. The van der Waals surface area contributed by atoms with Crippen molar-refractivity contribution in [1.29, 1.82) is 0 Å². The second-order valence-corrected chi connectivity index (χ2v) is 4.85. The zero-order valence-electron chi connectivity index (χ0n) is 9.89. The van der Waals surface area contributed by atoms with Crippen molar-refractivity contribution in [3.8, 4) is 5.75 Å². The molecule has 1 amide bonds. The molecule has 0 unspecified atom stereocenters. The standard InChI is InChI=1S/C14H17NO2/c16-14(15-7-3-4-8-15)12-9-11-5-1-2-6-13(11)17-10-12/h1-2,5-6,12H,3-4,7-10H2/t12-/m0/s1. The first-order valence-electron chi connectivity index (χ1n) is 6.34. The highest BCUT2D eigenvalue weighted by Gasteiger charge is 2.30. The Labute approximate surface area is 101 Å². The molecule has 1 saturated heterocycles. The molecule has 3 nitrogen and oxygen atoms in total. The lowest BCUT2D eigenvalue weighted by Gasteiger charge is -2.27. The van der Waals surface area contributed by atoms with Crippen LogP contribution in [0.2, 0.25) is 0 Å². The number of nitrogens with zero attached hydrogens (tertiary/aromatic N) is 1. The number of carbonyl (C=O) groups excluding carboxylic acids is 1. The van der Waals surface area contributed by atoms with Crippen molar-refractivity contribution in [2.75, 3.05) is 19.7 Å². The van der Waals surface area contributed by atoms with Crippen LogP contribution in [0, 0.1) is 5.92 Å². The molecule has 3 heteroatoms. The van der Waals surface area contributed by atoms with Crippen LogP contribution in [-0.2, 0) is 11.2 Å². The van der Waals surface area contributed by atoms with E-state index < -0.39 is 0 Å². The fraction of sp³-hybridized carbons (Fsp3) is 0.500. The van der Waals surface area contributed by atoms with Gasteiger partial charge in [0, 0.05) is 13.1 Å². The molecule has 90 valence electrons. The van der Waals surface area contributed by atoms with Gasteiger partial charge in [-0.3, -0.25) is 4.79 Å². The number of hydrogen-bond acceptors (Lipinski definition) is 2. The van der Waals surface area contributed by atoms with Crippen molar-refractivity contribution in [1.82, 2.24) is 4.90 Å². The van der Waals surface area contributed by atoms with Gasteiger partial charge in [-0.2, -0.15) is 0 Å². The van der Waals surface area contributed by atoms with Crippen molar-refractivity contribution >= 4 is 5.91 Å². The lowest BCUT2D eigenvalue weighted by atomic mass is 9.95. The molecule has 0 bridgehead atoms. The van der Waals surface area contributed by atoms with Crippen molar-refractivity contribution in [2.24, 2.45) is 5.92 Å². The van der Waals surface area contributed by atoms with Crippen LogP contribution in [0.3, 0.4) is 0 Å². The fourth-order valence-electron chi connectivity index (χ4n) is 2.68. The van der Waals surface area contributed by atoms with E-state index in [1.54, 1.807) is 0 Å². The Bertz CT molecular complexity index is 424. The summed E-state index contributed by atoms with van der Waals surface area (Å²) in [5, 5.41) is 0. The minimum absolute atomic E-state index is 0.0167. The highest BCUT2D eigenvalue weighted by Crippen LogP contribution is 2.28. The SMILES string of the molecule is O=C([C@@H]1COc2ccccc2C1)N1CCCC1. The van der Waals surface area contributed by atoms with E-state index in [1.807, 2.05) is 23.1 Å². The molecule has 0 spiro atoms. The van der Waals surface area contributed by atoms with Gasteiger partial charge < -0.3 is 9.64 Å². The molecule has 0 saturated carbocycles. The Hall–Kier alpha value is -1.51. The molecule has 0 radical (unpaired) electrons. The molecule has 2 aliphatic heterocycles. The number of fused-ring (bicyclic) bond motifs is 1. The third-order valence-corrected chi connectivity index (χ3v) is 3.65. The highest BCUT2D eigenvalue weighted by atomic mass is 16.5. The molecule has 3 rings (SSSR count). The number of para-hydroxylation sites is 1. The molecule has 1 atom stereocenters. The van der Waals surface area contributed by atoms with Crippen molar-refractivity contribution < 1.29 is 9.53 Å². The van der Waals surface area contributed by atoms with E-state index in [4.69, 9.17) is 4.74 Å². The lowest BCUT2D eigenvalue weighted by Crippen LogP contribution is -2.39. The number of ether oxygens (including phenoxy) is 1. The van der Waals surface area contributed by atoms with E-state index in [2.05, 4.69) is 6.07 Å². The summed E-state index contributed by atoms with van der Waals surface area (Å²) in [6.07, 6.45) is 3.12. The van der Waals surface area contributed by atoms with Crippen LogP contribution in [0.4, 0.5) is 0 Å². The molecule has 2 heterocycles. The average Bonchev–Trinajstić information content (AvgIpc) is 2.91. The van der Waals surface area contributed by atoms with Gasteiger partial charge in [0.05, 0.1) is 5.92 Å². The molecule has 0 aliphatic carbocycles. The van der Waals surface area contributed by atoms with Crippen LogP contribution in [0.15, 0.2) is 24.3 Å². The Morgan fingerprint density at radius 1 is 1.24 bits per heavy atom. The van der Waals surface area contributed by atoms with E-state index in [0.717, 1.165) is 43.7 Å². The minimum Gasteiger partial charge on any atom is -0.492 e. The zero-order valence-corrected chi connectivity index (χ0v) is 9.89. The summed E-state index contributed by atoms with van der Waals surface area (Å²) in [7, 11) is 0. The molecule has 1 aromatic carbocycles. The summed E-state index contributed by atoms with van der Waals surface area (Å²) in [5.41, 5.74) is 1.16. The first-order valence-corrected chi connectivity index (χ1v) is 6.34. The van der Waals surface area contributed by atoms with Gasteiger partial charge in [-0.25, -0.2) is 0 Å². The Kier molecular flexibility index (Phi) is 2.75. The summed E-state index contributed by atoms with van der Waals surface area (Å²) in [4.78, 5) is 14.2. The molecule has 1 aromatic rings. The summed E-state index contributed by atoms with van der Waals surface area (Å²) >= 11 is 0. The first kappa shape index (κ1) is 10.6. The second kappa shape index (κ2) is 4.40. The molecule has 2 aliphatic rings. The van der Waals surface area contributed by atoms with Crippen LogP contribution in [0.5, 0.6) is 5.75 Å². The fourth-order valence-corrected chi connectivity index (χ4v) is 2.68. The molecule has 0 N–H and O–H groups in total. The number of amides is 1. The molecule has 17 heavy (non-hydrogen) atoms. The summed E-state index contributed by atoms with van der Waals surface area (Å²) in [6.45, 7) is 2.39. The molecular weight excluding hydrogens is 214 g/mol. The third kappa shape index (κ3) is 2.02. The lowest BCUT2D eigenvalue weighted by molar-refractivity contribution is -0.135. The van der Waals surface area contributed by atoms with Crippen LogP contribution >= 0.6 is 0 Å². The zero-order chi connectivity index (χ0) is 11.7. The third-order valence-electron chi connectivity index (χ3n) is 3.65. The van der Waals surface area contributed by atoms with Crippen LogP contribution in [-0.4, -0.2) is 30.5 Å². The number of likely N-dealkylation sites (tertiary alicyclic amines) is 1. The van der Waals surface area contributed by atoms with Crippen LogP contribution < -0.4 is 4.74 Å². The highest BCUT2D eigenvalue weighted by molar-refractivity contribution is 5.80. The van der Waals surface area contributed by atoms with Crippen molar-refractivity contribution in [3.63, 3.8) is 0 Å². The van der Waals surface area contributed by atoms with Gasteiger partial charge in [-0.15, -0.1) is 0 Å². The number of benzene rings is 1. The number of hydrogen-bond donors (Lipinski definition) is 0. The van der Waals surface area contributed by atoms with Gasteiger partial charge in [-0.1, -0.05) is 18.2 Å². The van der Waals surface area contributed by atoms with Crippen molar-refractivity contribution in [3.05, 3.63) is 29.8 Å². The summed E-state index contributed by atoms with van der Waals surface area (Å²) < 4.78 is 5.67. The van der Waals surface area contributed by atoms with E-state index in [-0.39, 0.29) is 11.8 Å². The quantitative estimate of drug-likeness (QED) is 0.738. The van der Waals surface area contributed by atoms with Gasteiger partial charge in [0.25, 0.3) is 0 Å². The maximum Gasteiger partial charge on any atom is 0.229 e. The van der Waals surface area contributed by atoms with Crippen LogP contribution in [0.25, 0.3) is 0 Å². The largest absolute Gasteiger partial charge is 0.492 e. The Balaban J connectivity index is 1.73. The summed E-state index contributed by atoms with van der Waals surface area (Å²) in [6, 6.07) is 8.01. The predicted octanol–water partition coefficient (Wildman–Crippen LogP) is 1.86. The van der Waals surface area contributed by atoms with E-state index >= 15 is 0 Å². The predicted molar refractivity (Wildman–Crippen MR) is 64.9 cm³/mol. The maximum atomic E-state index is 12.3. The van der Waals surface area contributed by atoms with Crippen molar-refractivity contribution in [2.45, 2.75) is 19.3 Å². The average molecular weight is 231 g/mol. The van der Waals surface area contributed by atoms with Gasteiger partial charge in [0.1, 0.15) is 12.4 Å². The second-order valence-electron chi connectivity index (χ2n) is 4.85. The molecule has 0 aromatic heterocycles. The van der Waals surface area contributed by atoms with Gasteiger partial charge in [-0.05, 0) is 30.9 Å². The summed E-state index contributed by atoms with van der Waals surface area (Å²) in [5.74, 6) is 1.23. The normalized spacial score (nSPS) is 23.1. The first-order chi connectivity index (χ1) is 8.34. The number of carbonyl (C=O) groups is 1. The van der Waals surface area contributed by atoms with Gasteiger partial charge in [0.15, 0.2) is 0 Å². The van der Waals surface area contributed by atoms with Gasteiger partial charge in [0.2, 0.25) is 5.91 Å². The maximum absolute atomic E-state index is 12.3. The van der Waals surface area contributed by atoms with Crippen LogP contribution in [0.1, 0.15) is 18.4 Å². The Morgan fingerprint density at radius 2 is 2.00 bits per heavy atom. The Morgan fingerprint density at radius 3 is 2.82 bits per heavy atom. The topological polar surface area (TPSA) is 29.5 Å². The van der Waals surface area contributed by atoms with Gasteiger partial charge >= 0.3 is 0 Å².